The summed E-state index contributed by atoms with van der Waals surface area (Å²) in [7, 11) is 0. The summed E-state index contributed by atoms with van der Waals surface area (Å²) in [5.74, 6) is 0. The highest BCUT2D eigenvalue weighted by atomic mass is 15.0. The first-order chi connectivity index (χ1) is 21.4. The number of hydrogen-bond donors (Lipinski definition) is 0. The summed E-state index contributed by atoms with van der Waals surface area (Å²) in [4.78, 5) is 0. The highest BCUT2D eigenvalue weighted by Gasteiger charge is 2.17. The maximum absolute atomic E-state index is 2.50. The Morgan fingerprint density at radius 1 is 0.372 bits per heavy atom. The van der Waals surface area contributed by atoms with Gasteiger partial charge in [0.25, 0.3) is 0 Å². The monoisotopic (exact) mass is 597 g/mol. The van der Waals surface area contributed by atoms with Crippen LogP contribution in [0.15, 0.2) is 42.7 Å². The van der Waals surface area contributed by atoms with Crippen molar-refractivity contribution in [3.63, 3.8) is 0 Å². The van der Waals surface area contributed by atoms with Gasteiger partial charge in [0.05, 0.1) is 0 Å². The van der Waals surface area contributed by atoms with Gasteiger partial charge < -0.3 is 0 Å². The molecule has 0 aliphatic rings. The van der Waals surface area contributed by atoms with E-state index in [9.17, 15) is 0 Å². The SMILES string of the molecule is CCCCCCCCC=CCCCCCCCCC(CCCCCCCCCCCCCCCCCC)[n+]1ccccc1. The van der Waals surface area contributed by atoms with Crippen LogP contribution in [0.4, 0.5) is 0 Å². The Bertz CT molecular complexity index is 665. The molecule has 1 heteroatoms. The summed E-state index contributed by atoms with van der Waals surface area (Å²) in [5, 5.41) is 0. The van der Waals surface area contributed by atoms with Crippen molar-refractivity contribution in [3.8, 4) is 0 Å². The van der Waals surface area contributed by atoms with Gasteiger partial charge in [0.15, 0.2) is 18.4 Å². The zero-order chi connectivity index (χ0) is 30.7. The van der Waals surface area contributed by atoms with E-state index < -0.39 is 0 Å². The van der Waals surface area contributed by atoms with Crippen LogP contribution in [-0.2, 0) is 0 Å². The summed E-state index contributed by atoms with van der Waals surface area (Å²) in [6.45, 7) is 4.61. The fourth-order valence-corrected chi connectivity index (χ4v) is 6.65. The number of hydrogen-bond acceptors (Lipinski definition) is 0. The first-order valence-electron chi connectivity index (χ1n) is 20.0. The van der Waals surface area contributed by atoms with Crippen LogP contribution in [0.25, 0.3) is 0 Å². The minimum atomic E-state index is 0.699. The minimum absolute atomic E-state index is 0.699. The van der Waals surface area contributed by atoms with Gasteiger partial charge in [-0.2, -0.15) is 0 Å². The zero-order valence-corrected chi connectivity index (χ0v) is 29.7. The van der Waals surface area contributed by atoms with Crippen LogP contribution in [0.2, 0.25) is 0 Å². The second-order valence-corrected chi connectivity index (χ2v) is 13.8. The van der Waals surface area contributed by atoms with Gasteiger partial charge in [0.1, 0.15) is 0 Å². The lowest BCUT2D eigenvalue weighted by atomic mass is 9.99. The number of unbranched alkanes of at least 4 members (excludes halogenated alkanes) is 27. The molecule has 250 valence electrons. The lowest BCUT2D eigenvalue weighted by Gasteiger charge is -2.13. The van der Waals surface area contributed by atoms with Crippen LogP contribution in [0.5, 0.6) is 0 Å². The molecule has 0 aromatic carbocycles. The third kappa shape index (κ3) is 28.1. The van der Waals surface area contributed by atoms with Gasteiger partial charge in [-0.25, -0.2) is 4.57 Å². The average Bonchev–Trinajstić information content (AvgIpc) is 3.03. The highest BCUT2D eigenvalue weighted by Crippen LogP contribution is 2.20. The van der Waals surface area contributed by atoms with Gasteiger partial charge in [0, 0.05) is 25.0 Å². The molecule has 0 bridgehead atoms. The van der Waals surface area contributed by atoms with E-state index in [4.69, 9.17) is 0 Å². The number of pyridine rings is 1. The summed E-state index contributed by atoms with van der Waals surface area (Å²) < 4.78 is 2.50. The first-order valence-corrected chi connectivity index (χ1v) is 20.0. The maximum Gasteiger partial charge on any atom is 0.169 e. The van der Waals surface area contributed by atoms with Crippen LogP contribution < -0.4 is 4.57 Å². The lowest BCUT2D eigenvalue weighted by molar-refractivity contribution is -0.724. The Kier molecular flexibility index (Phi) is 31.4. The molecule has 1 aromatic rings. The first kappa shape index (κ1) is 39.9. The summed E-state index contributed by atoms with van der Waals surface area (Å²) in [6, 6.07) is 7.28. The van der Waals surface area contributed by atoms with E-state index in [1.807, 2.05) is 0 Å². The third-order valence-corrected chi connectivity index (χ3v) is 9.60. The molecular weight excluding hydrogens is 518 g/mol. The Balaban J connectivity index is 1.98. The summed E-state index contributed by atoms with van der Waals surface area (Å²) in [6.07, 6.45) is 54.9. The van der Waals surface area contributed by atoms with Crippen molar-refractivity contribution >= 4 is 0 Å². The van der Waals surface area contributed by atoms with E-state index in [1.54, 1.807) is 0 Å². The molecule has 0 aliphatic carbocycles. The van der Waals surface area contributed by atoms with Gasteiger partial charge >= 0.3 is 0 Å². The molecule has 0 saturated heterocycles. The Labute approximate surface area is 272 Å². The van der Waals surface area contributed by atoms with Gasteiger partial charge in [-0.05, 0) is 38.5 Å². The second kappa shape index (κ2) is 33.8. The summed E-state index contributed by atoms with van der Waals surface area (Å²) in [5.41, 5.74) is 0. The van der Waals surface area contributed by atoms with Crippen LogP contribution >= 0.6 is 0 Å². The molecule has 1 rings (SSSR count). The summed E-state index contributed by atoms with van der Waals surface area (Å²) >= 11 is 0. The predicted molar refractivity (Wildman–Crippen MR) is 194 cm³/mol. The molecule has 1 atom stereocenters. The molecule has 0 radical (unpaired) electrons. The largest absolute Gasteiger partial charge is 0.202 e. The van der Waals surface area contributed by atoms with Crippen molar-refractivity contribution < 1.29 is 4.57 Å². The quantitative estimate of drug-likeness (QED) is 0.0423. The van der Waals surface area contributed by atoms with Crippen LogP contribution in [0.3, 0.4) is 0 Å². The van der Waals surface area contributed by atoms with E-state index in [2.05, 4.69) is 61.2 Å². The van der Waals surface area contributed by atoms with Crippen molar-refractivity contribution in [2.24, 2.45) is 0 Å². The van der Waals surface area contributed by atoms with Gasteiger partial charge in [0.2, 0.25) is 0 Å². The van der Waals surface area contributed by atoms with Crippen LogP contribution in [-0.4, -0.2) is 0 Å². The second-order valence-electron chi connectivity index (χ2n) is 13.8. The lowest BCUT2D eigenvalue weighted by Crippen LogP contribution is -2.38. The van der Waals surface area contributed by atoms with E-state index in [0.29, 0.717) is 6.04 Å². The van der Waals surface area contributed by atoms with E-state index in [-0.39, 0.29) is 0 Å². The van der Waals surface area contributed by atoms with E-state index in [0.717, 1.165) is 0 Å². The van der Waals surface area contributed by atoms with E-state index >= 15 is 0 Å². The van der Waals surface area contributed by atoms with E-state index in [1.165, 1.54) is 205 Å². The molecule has 0 amide bonds. The molecule has 0 N–H and O–H groups in total. The Morgan fingerprint density at radius 3 is 1.02 bits per heavy atom. The fraction of sp³-hybridized carbons (Fsp3) is 0.833. The van der Waals surface area contributed by atoms with Crippen molar-refractivity contribution in [1.82, 2.24) is 0 Å². The van der Waals surface area contributed by atoms with Crippen molar-refractivity contribution in [1.29, 1.82) is 0 Å². The molecular formula is C42H78N+. The Morgan fingerprint density at radius 2 is 0.674 bits per heavy atom. The molecule has 0 aliphatic heterocycles. The standard InChI is InChI=1S/C42H78N/c1-3-5-7-9-11-13-15-17-19-21-23-25-27-29-31-34-38-42(43-40-36-33-37-41-43)39-35-32-30-28-26-24-22-20-18-16-14-12-10-8-6-4-2/h17,19,33,36-37,40-42H,3-16,18,20-32,34-35,38-39H2,1-2H3/q+1. The van der Waals surface area contributed by atoms with Crippen LogP contribution in [0.1, 0.15) is 225 Å². The number of rotatable bonds is 34. The predicted octanol–water partition coefficient (Wildman–Crippen LogP) is 14.6. The zero-order valence-electron chi connectivity index (χ0n) is 29.7. The number of nitrogens with zero attached hydrogens (tertiary/aromatic N) is 1. The van der Waals surface area contributed by atoms with Crippen molar-refractivity contribution in [2.45, 2.75) is 225 Å². The molecule has 0 saturated carbocycles. The number of aromatic nitrogens is 1. The van der Waals surface area contributed by atoms with Crippen LogP contribution in [0, 0.1) is 0 Å². The maximum atomic E-state index is 2.50. The van der Waals surface area contributed by atoms with Gasteiger partial charge in [-0.1, -0.05) is 186 Å². The minimum Gasteiger partial charge on any atom is -0.202 e. The number of allylic oxidation sites excluding steroid dienone is 2. The molecule has 1 nitrogen and oxygen atoms in total. The Hall–Kier alpha value is -1.11. The normalized spacial score (nSPS) is 12.4. The molecule has 1 unspecified atom stereocenters. The smallest absolute Gasteiger partial charge is 0.169 e. The third-order valence-electron chi connectivity index (χ3n) is 9.60. The molecule has 1 aromatic heterocycles. The molecule has 0 fully saturated rings. The van der Waals surface area contributed by atoms with Crippen molar-refractivity contribution in [2.75, 3.05) is 0 Å². The van der Waals surface area contributed by atoms with Gasteiger partial charge in [-0.3, -0.25) is 0 Å². The molecule has 1 heterocycles. The van der Waals surface area contributed by atoms with Gasteiger partial charge in [-0.15, -0.1) is 0 Å². The molecule has 0 spiro atoms. The highest BCUT2D eigenvalue weighted by molar-refractivity contribution is 4.84. The molecule has 43 heavy (non-hydrogen) atoms. The van der Waals surface area contributed by atoms with Crippen molar-refractivity contribution in [3.05, 3.63) is 42.7 Å². The topological polar surface area (TPSA) is 3.88 Å². The average molecular weight is 597 g/mol. The fourth-order valence-electron chi connectivity index (χ4n) is 6.65.